The second-order valence-electron chi connectivity index (χ2n) is 4.21. The first-order chi connectivity index (χ1) is 9.86. The molecular weight excluding hydrogens is 302 g/mol. The fourth-order valence-corrected chi connectivity index (χ4v) is 1.84. The molecule has 1 N–H and O–H groups in total. The van der Waals surface area contributed by atoms with E-state index < -0.39 is 4.92 Å². The molecule has 0 aliphatic carbocycles. The molecule has 0 aromatic carbocycles. The van der Waals surface area contributed by atoms with Gasteiger partial charge in [-0.2, -0.15) is 4.98 Å². The highest BCUT2D eigenvalue weighted by Crippen LogP contribution is 2.28. The van der Waals surface area contributed by atoms with Crippen LogP contribution in [0.2, 0.25) is 5.28 Å². The van der Waals surface area contributed by atoms with Crippen LogP contribution in [0.4, 0.5) is 11.5 Å². The van der Waals surface area contributed by atoms with E-state index in [-0.39, 0.29) is 34.9 Å². The van der Waals surface area contributed by atoms with Crippen LogP contribution in [0.15, 0.2) is 0 Å². The van der Waals surface area contributed by atoms with E-state index in [4.69, 9.17) is 16.3 Å². The number of hydrogen-bond acceptors (Lipinski definition) is 7. The van der Waals surface area contributed by atoms with E-state index >= 15 is 0 Å². The second kappa shape index (κ2) is 7.70. The Labute approximate surface area is 126 Å². The monoisotopic (exact) mass is 317 g/mol. The van der Waals surface area contributed by atoms with Crippen LogP contribution < -0.4 is 10.2 Å². The van der Waals surface area contributed by atoms with Crippen molar-refractivity contribution in [2.75, 3.05) is 38.8 Å². The highest BCUT2D eigenvalue weighted by Gasteiger charge is 2.25. The number of hydrogen-bond donors (Lipinski definition) is 1. The van der Waals surface area contributed by atoms with Crippen LogP contribution in [0, 0.1) is 17.0 Å². The zero-order valence-electron chi connectivity index (χ0n) is 11.9. The topological polar surface area (TPSA) is 110 Å². The molecule has 1 aromatic rings. The summed E-state index contributed by atoms with van der Waals surface area (Å²) in [5, 5.41) is 13.6. The molecule has 1 aromatic heterocycles. The smallest absolute Gasteiger partial charge is 0.332 e. The molecule has 1 rings (SSSR count). The Morgan fingerprint density at radius 1 is 1.52 bits per heavy atom. The number of nitrogens with one attached hydrogen (secondary N) is 1. The molecule has 0 aliphatic heterocycles. The molecule has 0 atom stereocenters. The van der Waals surface area contributed by atoms with Crippen molar-refractivity contribution in [1.82, 2.24) is 15.3 Å². The Morgan fingerprint density at radius 3 is 2.76 bits per heavy atom. The van der Waals surface area contributed by atoms with Crippen LogP contribution in [0.3, 0.4) is 0 Å². The lowest BCUT2D eigenvalue weighted by molar-refractivity contribution is -0.385. The van der Waals surface area contributed by atoms with Crippen LogP contribution in [-0.4, -0.2) is 54.7 Å². The van der Waals surface area contributed by atoms with Gasteiger partial charge in [0.15, 0.2) is 0 Å². The second-order valence-corrected chi connectivity index (χ2v) is 4.54. The molecule has 9 nitrogen and oxygen atoms in total. The molecule has 10 heteroatoms. The molecular formula is C11H16ClN5O4. The van der Waals surface area contributed by atoms with Gasteiger partial charge in [0.1, 0.15) is 5.69 Å². The minimum absolute atomic E-state index is 0.000563. The quantitative estimate of drug-likeness (QED) is 0.338. The van der Waals surface area contributed by atoms with Crippen molar-refractivity contribution in [2.24, 2.45) is 0 Å². The summed E-state index contributed by atoms with van der Waals surface area (Å²) in [6.45, 7) is 2.10. The van der Waals surface area contributed by atoms with Crippen LogP contribution in [0.1, 0.15) is 5.69 Å². The van der Waals surface area contributed by atoms with Gasteiger partial charge in [-0.1, -0.05) is 0 Å². The summed E-state index contributed by atoms with van der Waals surface area (Å²) < 4.78 is 4.81. The number of aromatic nitrogens is 2. The van der Waals surface area contributed by atoms with Crippen LogP contribution in [-0.2, 0) is 9.53 Å². The Hall–Kier alpha value is -2.00. The van der Waals surface area contributed by atoms with Gasteiger partial charge in [-0.25, -0.2) is 4.98 Å². The third-order valence-corrected chi connectivity index (χ3v) is 2.73. The number of rotatable bonds is 7. The van der Waals surface area contributed by atoms with Gasteiger partial charge in [0, 0.05) is 20.7 Å². The average Bonchev–Trinajstić information content (AvgIpc) is 2.37. The number of methoxy groups -OCH3 is 1. The highest BCUT2D eigenvalue weighted by molar-refractivity contribution is 6.28. The van der Waals surface area contributed by atoms with Gasteiger partial charge in [-0.15, -0.1) is 0 Å². The number of anilines is 1. The lowest BCUT2D eigenvalue weighted by Gasteiger charge is -2.18. The normalized spacial score (nSPS) is 10.3. The number of nitro groups is 1. The predicted molar refractivity (Wildman–Crippen MR) is 76.6 cm³/mol. The highest BCUT2D eigenvalue weighted by atomic mass is 35.5. The van der Waals surface area contributed by atoms with Gasteiger partial charge in [0.2, 0.25) is 17.0 Å². The van der Waals surface area contributed by atoms with Gasteiger partial charge < -0.3 is 15.0 Å². The third kappa shape index (κ3) is 4.80. The lowest BCUT2D eigenvalue weighted by Crippen LogP contribution is -2.37. The molecule has 0 unspecified atom stereocenters. The maximum absolute atomic E-state index is 11.7. The number of nitrogens with zero attached hydrogens (tertiary/aromatic N) is 4. The van der Waals surface area contributed by atoms with Crippen LogP contribution in [0.5, 0.6) is 0 Å². The number of amides is 1. The molecule has 21 heavy (non-hydrogen) atoms. The van der Waals surface area contributed by atoms with Crippen molar-refractivity contribution >= 4 is 29.0 Å². The summed E-state index contributed by atoms with van der Waals surface area (Å²) in [6.07, 6.45) is 0. The molecule has 0 radical (unpaired) electrons. The Morgan fingerprint density at radius 2 is 2.19 bits per heavy atom. The standard InChI is InChI=1S/C11H16ClN5O4/c1-7-9(17(19)20)10(15-11(12)14-7)16(2)6-8(18)13-4-5-21-3/h4-6H2,1-3H3,(H,13,18). The first-order valence-electron chi connectivity index (χ1n) is 6.02. The Kier molecular flexibility index (Phi) is 6.25. The van der Waals surface area contributed by atoms with Crippen molar-refractivity contribution in [1.29, 1.82) is 0 Å². The number of likely N-dealkylation sites (N-methyl/N-ethyl adjacent to an activating group) is 1. The van der Waals surface area contributed by atoms with E-state index in [1.807, 2.05) is 0 Å². The molecule has 1 heterocycles. The number of carbonyl (C=O) groups is 1. The fraction of sp³-hybridized carbons (Fsp3) is 0.545. The summed E-state index contributed by atoms with van der Waals surface area (Å²) >= 11 is 5.72. The van der Waals surface area contributed by atoms with Gasteiger partial charge in [0.25, 0.3) is 0 Å². The molecule has 116 valence electrons. The number of aryl methyl sites for hydroxylation is 1. The molecule has 0 saturated heterocycles. The number of ether oxygens (including phenoxy) is 1. The van der Waals surface area contributed by atoms with Crippen molar-refractivity contribution in [3.05, 3.63) is 21.1 Å². The Balaban J connectivity index is 2.89. The van der Waals surface area contributed by atoms with E-state index in [0.29, 0.717) is 13.2 Å². The van der Waals surface area contributed by atoms with Crippen molar-refractivity contribution < 1.29 is 14.5 Å². The van der Waals surface area contributed by atoms with Gasteiger partial charge >= 0.3 is 5.69 Å². The zero-order valence-corrected chi connectivity index (χ0v) is 12.7. The van der Waals surface area contributed by atoms with Crippen LogP contribution >= 0.6 is 11.6 Å². The maximum Gasteiger partial charge on any atom is 0.332 e. The van der Waals surface area contributed by atoms with E-state index in [2.05, 4.69) is 15.3 Å². The molecule has 1 amide bonds. The zero-order chi connectivity index (χ0) is 16.0. The molecule has 0 bridgehead atoms. The van der Waals surface area contributed by atoms with E-state index in [0.717, 1.165) is 0 Å². The van der Waals surface area contributed by atoms with Crippen molar-refractivity contribution in [3.8, 4) is 0 Å². The first kappa shape index (κ1) is 17.1. The molecule has 0 fully saturated rings. The first-order valence-corrected chi connectivity index (χ1v) is 6.40. The molecule has 0 spiro atoms. The number of carbonyl (C=O) groups excluding carboxylic acids is 1. The summed E-state index contributed by atoms with van der Waals surface area (Å²) in [7, 11) is 3.04. The summed E-state index contributed by atoms with van der Waals surface area (Å²) in [5.74, 6) is -0.310. The molecule has 0 saturated carbocycles. The van der Waals surface area contributed by atoms with Crippen LogP contribution in [0.25, 0.3) is 0 Å². The summed E-state index contributed by atoms with van der Waals surface area (Å²) in [5.41, 5.74) is -0.131. The maximum atomic E-state index is 11.7. The average molecular weight is 318 g/mol. The SMILES string of the molecule is COCCNC(=O)CN(C)c1nc(Cl)nc(C)c1[N+](=O)[O-]. The summed E-state index contributed by atoms with van der Waals surface area (Å²) in [6, 6.07) is 0. The third-order valence-electron chi connectivity index (χ3n) is 2.57. The van der Waals surface area contributed by atoms with Crippen molar-refractivity contribution in [3.63, 3.8) is 0 Å². The number of halogens is 1. The largest absolute Gasteiger partial charge is 0.383 e. The Bertz CT molecular complexity index is 540. The van der Waals surface area contributed by atoms with Gasteiger partial charge in [-0.05, 0) is 18.5 Å². The minimum atomic E-state index is -0.597. The summed E-state index contributed by atoms with van der Waals surface area (Å²) in [4.78, 5) is 31.1. The van der Waals surface area contributed by atoms with Gasteiger partial charge in [0.05, 0.1) is 18.1 Å². The predicted octanol–water partition coefficient (Wildman–Crippen LogP) is 0.545. The van der Waals surface area contributed by atoms with E-state index in [9.17, 15) is 14.9 Å². The van der Waals surface area contributed by atoms with E-state index in [1.165, 1.54) is 26.0 Å². The molecule has 0 aliphatic rings. The minimum Gasteiger partial charge on any atom is -0.383 e. The fourth-order valence-electron chi connectivity index (χ4n) is 1.64. The van der Waals surface area contributed by atoms with Gasteiger partial charge in [-0.3, -0.25) is 14.9 Å². The lowest BCUT2D eigenvalue weighted by atomic mass is 10.3. The van der Waals surface area contributed by atoms with Crippen molar-refractivity contribution in [2.45, 2.75) is 6.92 Å². The van der Waals surface area contributed by atoms with E-state index in [1.54, 1.807) is 0 Å².